The van der Waals surface area contributed by atoms with Crippen molar-refractivity contribution < 1.29 is 4.42 Å². The molecule has 292 valence electrons. The van der Waals surface area contributed by atoms with Crippen LogP contribution in [-0.2, 0) is 0 Å². The standard InChI is InChI=1S/C60H41NO/c1-2-11-42(12-3-1)43-21-23-44(24-22-43)46-29-35-52(36-30-46)61(54-39-33-50(34-40-54)56-19-10-15-48-13-4-6-16-55(48)56)53-37-31-47(32-38-53)45-25-27-49(28-26-45)57-17-7-8-18-58(57)60-41-51-14-5-9-20-59(51)62-60/h1-41H. The van der Waals surface area contributed by atoms with Crippen molar-refractivity contribution in [2.24, 2.45) is 0 Å². The number of rotatable bonds is 9. The summed E-state index contributed by atoms with van der Waals surface area (Å²) in [6, 6.07) is 89.0. The lowest BCUT2D eigenvalue weighted by Gasteiger charge is -2.26. The molecule has 0 radical (unpaired) electrons. The molecule has 0 atom stereocenters. The van der Waals surface area contributed by atoms with Gasteiger partial charge in [-0.2, -0.15) is 0 Å². The van der Waals surface area contributed by atoms with Crippen molar-refractivity contribution in [2.75, 3.05) is 4.90 Å². The van der Waals surface area contributed by atoms with Crippen molar-refractivity contribution in [2.45, 2.75) is 0 Å². The van der Waals surface area contributed by atoms with Crippen molar-refractivity contribution >= 4 is 38.8 Å². The largest absolute Gasteiger partial charge is 0.456 e. The molecule has 0 saturated carbocycles. The van der Waals surface area contributed by atoms with E-state index in [0.29, 0.717) is 0 Å². The van der Waals surface area contributed by atoms with Crippen LogP contribution in [-0.4, -0.2) is 0 Å². The van der Waals surface area contributed by atoms with Crippen LogP contribution in [0, 0.1) is 0 Å². The Hall–Kier alpha value is -8.20. The molecule has 62 heavy (non-hydrogen) atoms. The highest BCUT2D eigenvalue weighted by Crippen LogP contribution is 2.40. The van der Waals surface area contributed by atoms with Gasteiger partial charge in [0.25, 0.3) is 0 Å². The molecular weight excluding hydrogens is 751 g/mol. The van der Waals surface area contributed by atoms with Crippen LogP contribution in [0.1, 0.15) is 0 Å². The average Bonchev–Trinajstić information content (AvgIpc) is 3.80. The molecule has 0 saturated heterocycles. The average molecular weight is 792 g/mol. The number of furan rings is 1. The molecule has 2 heteroatoms. The summed E-state index contributed by atoms with van der Waals surface area (Å²) in [5, 5.41) is 3.60. The van der Waals surface area contributed by atoms with E-state index < -0.39 is 0 Å². The van der Waals surface area contributed by atoms with Crippen molar-refractivity contribution in [3.8, 4) is 67.0 Å². The number of hydrogen-bond acceptors (Lipinski definition) is 2. The Labute approximate surface area is 362 Å². The second-order valence-electron chi connectivity index (χ2n) is 15.7. The number of anilines is 3. The predicted molar refractivity (Wildman–Crippen MR) is 261 cm³/mol. The van der Waals surface area contributed by atoms with Crippen LogP contribution in [0.3, 0.4) is 0 Å². The van der Waals surface area contributed by atoms with E-state index in [0.717, 1.165) is 61.6 Å². The monoisotopic (exact) mass is 791 g/mol. The van der Waals surface area contributed by atoms with Crippen LogP contribution < -0.4 is 4.90 Å². The van der Waals surface area contributed by atoms with Gasteiger partial charge in [0.1, 0.15) is 11.3 Å². The third kappa shape index (κ3) is 7.14. The number of hydrogen-bond donors (Lipinski definition) is 0. The van der Waals surface area contributed by atoms with Crippen LogP contribution in [0.5, 0.6) is 0 Å². The molecule has 11 aromatic rings. The van der Waals surface area contributed by atoms with E-state index in [-0.39, 0.29) is 0 Å². The Morgan fingerprint density at radius 2 is 0.645 bits per heavy atom. The summed E-state index contributed by atoms with van der Waals surface area (Å²) in [6.45, 7) is 0. The molecule has 1 aromatic heterocycles. The van der Waals surface area contributed by atoms with Crippen LogP contribution in [0.25, 0.3) is 88.7 Å². The van der Waals surface area contributed by atoms with E-state index in [1.807, 2.05) is 18.2 Å². The first-order chi connectivity index (χ1) is 30.7. The number of benzene rings is 10. The van der Waals surface area contributed by atoms with Gasteiger partial charge in [-0.3, -0.25) is 0 Å². The fourth-order valence-corrected chi connectivity index (χ4v) is 8.71. The zero-order valence-corrected chi connectivity index (χ0v) is 34.0. The van der Waals surface area contributed by atoms with Gasteiger partial charge in [-0.1, -0.05) is 200 Å². The van der Waals surface area contributed by atoms with E-state index in [1.165, 1.54) is 44.2 Å². The highest BCUT2D eigenvalue weighted by Gasteiger charge is 2.16. The van der Waals surface area contributed by atoms with Crippen LogP contribution in [0.15, 0.2) is 253 Å². The molecule has 0 aliphatic rings. The Balaban J connectivity index is 0.907. The molecule has 0 bridgehead atoms. The maximum atomic E-state index is 6.28. The van der Waals surface area contributed by atoms with Gasteiger partial charge >= 0.3 is 0 Å². The Bertz CT molecular complexity index is 3250. The molecule has 10 aromatic carbocycles. The molecule has 0 fully saturated rings. The maximum Gasteiger partial charge on any atom is 0.136 e. The summed E-state index contributed by atoms with van der Waals surface area (Å²) in [7, 11) is 0. The van der Waals surface area contributed by atoms with Gasteiger partial charge < -0.3 is 9.32 Å². The first-order valence-electron chi connectivity index (χ1n) is 21.2. The number of para-hydroxylation sites is 1. The minimum Gasteiger partial charge on any atom is -0.456 e. The maximum absolute atomic E-state index is 6.28. The molecule has 0 aliphatic carbocycles. The third-order valence-corrected chi connectivity index (χ3v) is 11.9. The van der Waals surface area contributed by atoms with Gasteiger partial charge in [-0.05, 0) is 115 Å². The molecule has 0 N–H and O–H groups in total. The quantitative estimate of drug-likeness (QED) is 0.145. The minimum atomic E-state index is 0.876. The third-order valence-electron chi connectivity index (χ3n) is 11.9. The fourth-order valence-electron chi connectivity index (χ4n) is 8.71. The summed E-state index contributed by atoms with van der Waals surface area (Å²) in [4.78, 5) is 2.34. The molecule has 0 amide bonds. The van der Waals surface area contributed by atoms with Crippen molar-refractivity contribution in [1.29, 1.82) is 0 Å². The van der Waals surface area contributed by atoms with E-state index in [9.17, 15) is 0 Å². The number of fused-ring (bicyclic) bond motifs is 2. The zero-order chi connectivity index (χ0) is 41.2. The van der Waals surface area contributed by atoms with Crippen molar-refractivity contribution in [1.82, 2.24) is 0 Å². The van der Waals surface area contributed by atoms with Gasteiger partial charge in [0.05, 0.1) is 0 Å². The summed E-state index contributed by atoms with van der Waals surface area (Å²) >= 11 is 0. The molecule has 0 aliphatic heterocycles. The summed E-state index contributed by atoms with van der Waals surface area (Å²) in [5.41, 5.74) is 17.1. The second-order valence-corrected chi connectivity index (χ2v) is 15.7. The lowest BCUT2D eigenvalue weighted by atomic mass is 9.95. The molecule has 1 heterocycles. The SMILES string of the molecule is c1ccc(-c2ccc(-c3ccc(N(c4ccc(-c5ccc(-c6ccccc6-c6cc7ccccc7o6)cc5)cc4)c4ccc(-c5cccc6ccccc56)cc4)cc3)cc2)cc1. The van der Waals surface area contributed by atoms with Gasteiger partial charge in [-0.15, -0.1) is 0 Å². The lowest BCUT2D eigenvalue weighted by molar-refractivity contribution is 0.632. The van der Waals surface area contributed by atoms with Crippen LogP contribution >= 0.6 is 0 Å². The van der Waals surface area contributed by atoms with E-state index >= 15 is 0 Å². The zero-order valence-electron chi connectivity index (χ0n) is 34.0. The van der Waals surface area contributed by atoms with Gasteiger partial charge in [0.15, 0.2) is 0 Å². The Kier molecular flexibility index (Phi) is 9.57. The minimum absolute atomic E-state index is 0.876. The molecular formula is C60H41NO. The fraction of sp³-hybridized carbons (Fsp3) is 0. The predicted octanol–water partition coefficient (Wildman–Crippen LogP) is 17.1. The summed E-state index contributed by atoms with van der Waals surface area (Å²) in [6.07, 6.45) is 0. The van der Waals surface area contributed by atoms with Gasteiger partial charge in [-0.25, -0.2) is 0 Å². The molecule has 11 rings (SSSR count). The molecule has 0 unspecified atom stereocenters. The van der Waals surface area contributed by atoms with Crippen LogP contribution in [0.4, 0.5) is 17.1 Å². The van der Waals surface area contributed by atoms with E-state index in [4.69, 9.17) is 4.42 Å². The first kappa shape index (κ1) is 36.8. The van der Waals surface area contributed by atoms with Crippen molar-refractivity contribution in [3.05, 3.63) is 249 Å². The highest BCUT2D eigenvalue weighted by atomic mass is 16.3. The van der Waals surface area contributed by atoms with Gasteiger partial charge in [0.2, 0.25) is 0 Å². The second kappa shape index (κ2) is 16.1. The first-order valence-corrected chi connectivity index (χ1v) is 21.2. The topological polar surface area (TPSA) is 16.4 Å². The highest BCUT2D eigenvalue weighted by molar-refractivity contribution is 5.97. The van der Waals surface area contributed by atoms with Gasteiger partial charge in [0, 0.05) is 28.0 Å². The van der Waals surface area contributed by atoms with E-state index in [1.54, 1.807) is 0 Å². The van der Waals surface area contributed by atoms with Crippen molar-refractivity contribution in [3.63, 3.8) is 0 Å². The molecule has 2 nitrogen and oxygen atoms in total. The summed E-state index contributed by atoms with van der Waals surface area (Å²) < 4.78 is 6.28. The normalized spacial score (nSPS) is 11.2. The summed E-state index contributed by atoms with van der Waals surface area (Å²) in [5.74, 6) is 0.876. The lowest BCUT2D eigenvalue weighted by Crippen LogP contribution is -2.09. The Morgan fingerprint density at radius 3 is 1.23 bits per heavy atom. The molecule has 0 spiro atoms. The van der Waals surface area contributed by atoms with Crippen LogP contribution in [0.2, 0.25) is 0 Å². The smallest absolute Gasteiger partial charge is 0.136 e. The number of nitrogens with zero attached hydrogens (tertiary/aromatic N) is 1. The Morgan fingerprint density at radius 1 is 0.258 bits per heavy atom. The van der Waals surface area contributed by atoms with E-state index in [2.05, 4.69) is 235 Å².